The van der Waals surface area contributed by atoms with Crippen LogP contribution in [-0.2, 0) is 0 Å². The zero-order chi connectivity index (χ0) is 9.80. The minimum Gasteiger partial charge on any atom is -0.255 e. The van der Waals surface area contributed by atoms with Gasteiger partial charge in [-0.3, -0.25) is 4.99 Å². The Labute approximate surface area is 86.7 Å². The van der Waals surface area contributed by atoms with Gasteiger partial charge in [0, 0.05) is 18.2 Å². The minimum atomic E-state index is 0.682. The van der Waals surface area contributed by atoms with Crippen LogP contribution in [0.15, 0.2) is 41.1 Å². The highest BCUT2D eigenvalue weighted by Gasteiger charge is 2.07. The minimum absolute atomic E-state index is 0.682. The van der Waals surface area contributed by atoms with Crippen molar-refractivity contribution in [3.05, 3.63) is 36.9 Å². The highest BCUT2D eigenvalue weighted by atomic mass is 32.2. The molecule has 70 valence electrons. The lowest BCUT2D eigenvalue weighted by Crippen LogP contribution is -1.91. The molecule has 0 saturated heterocycles. The summed E-state index contributed by atoms with van der Waals surface area (Å²) in [7, 11) is 0. The molecular weight excluding hydrogens is 194 g/mol. The lowest BCUT2D eigenvalue weighted by Gasteiger charge is -2.03. The van der Waals surface area contributed by atoms with Gasteiger partial charge in [-0.05, 0) is 6.08 Å². The van der Waals surface area contributed by atoms with Crippen LogP contribution < -0.4 is 0 Å². The van der Waals surface area contributed by atoms with Crippen molar-refractivity contribution in [3.8, 4) is 0 Å². The van der Waals surface area contributed by atoms with Gasteiger partial charge in [0.25, 0.3) is 0 Å². The van der Waals surface area contributed by atoms with Gasteiger partial charge in [0.05, 0.1) is 10.6 Å². The van der Waals surface area contributed by atoms with Crippen molar-refractivity contribution in [2.45, 2.75) is 4.90 Å². The summed E-state index contributed by atoms with van der Waals surface area (Å²) in [4.78, 5) is 13.4. The molecule has 2 heterocycles. The zero-order valence-corrected chi connectivity index (χ0v) is 8.37. The highest BCUT2D eigenvalue weighted by Crippen LogP contribution is 2.25. The number of nitrogens with zero attached hydrogens (tertiary/aromatic N) is 3. The summed E-state index contributed by atoms with van der Waals surface area (Å²) in [5.74, 6) is 0.902. The molecule has 0 amide bonds. The van der Waals surface area contributed by atoms with E-state index in [1.165, 1.54) is 6.33 Å². The molecule has 1 aromatic heterocycles. The Morgan fingerprint density at radius 3 is 3.29 bits per heavy atom. The molecule has 0 bridgehead atoms. The molecule has 0 fully saturated rings. The average molecular weight is 203 g/mol. The van der Waals surface area contributed by atoms with Crippen LogP contribution in [-0.4, -0.2) is 21.9 Å². The number of fused-ring (bicyclic) bond motifs is 1. The Kier molecular flexibility index (Phi) is 2.74. The Balaban J connectivity index is 2.45. The molecule has 0 N–H and O–H groups in total. The average Bonchev–Trinajstić information content (AvgIpc) is 2.30. The number of hydrogen-bond donors (Lipinski definition) is 0. The molecule has 4 heteroatoms. The maximum absolute atomic E-state index is 4.18. The zero-order valence-electron chi connectivity index (χ0n) is 7.55. The molecule has 1 aliphatic heterocycles. The van der Waals surface area contributed by atoms with E-state index < -0.39 is 0 Å². The van der Waals surface area contributed by atoms with Crippen molar-refractivity contribution in [2.24, 2.45) is 4.99 Å². The van der Waals surface area contributed by atoms with E-state index >= 15 is 0 Å². The quantitative estimate of drug-likeness (QED) is 0.648. The molecule has 0 atom stereocenters. The number of thioether (sulfide) groups is 1. The fourth-order valence-corrected chi connectivity index (χ4v) is 1.92. The van der Waals surface area contributed by atoms with Crippen LogP contribution in [0.5, 0.6) is 0 Å². The molecule has 0 unspecified atom stereocenters. The van der Waals surface area contributed by atoms with Crippen LogP contribution in [0.2, 0.25) is 0 Å². The largest absolute Gasteiger partial charge is 0.255 e. The van der Waals surface area contributed by atoms with E-state index in [0.717, 1.165) is 16.3 Å². The third-order valence-electron chi connectivity index (χ3n) is 1.74. The molecule has 0 radical (unpaired) electrons. The summed E-state index contributed by atoms with van der Waals surface area (Å²) in [6.07, 6.45) is 9.01. The molecule has 0 saturated carbocycles. The summed E-state index contributed by atoms with van der Waals surface area (Å²) in [5, 5.41) is 0. The Bertz CT molecular complexity index is 410. The van der Waals surface area contributed by atoms with E-state index in [0.29, 0.717) is 5.70 Å². The molecular formula is C10H9N3S. The van der Waals surface area contributed by atoms with Crippen LogP contribution >= 0.6 is 11.8 Å². The second-order valence-corrected chi connectivity index (χ2v) is 3.76. The lowest BCUT2D eigenvalue weighted by molar-refractivity contribution is 1.06. The van der Waals surface area contributed by atoms with Crippen LogP contribution in [0.4, 0.5) is 0 Å². The van der Waals surface area contributed by atoms with Crippen molar-refractivity contribution in [2.75, 3.05) is 5.75 Å². The lowest BCUT2D eigenvalue weighted by atomic mass is 10.3. The molecule has 14 heavy (non-hydrogen) atoms. The first kappa shape index (κ1) is 9.15. The van der Waals surface area contributed by atoms with Crippen LogP contribution in [0, 0.1) is 0 Å². The third kappa shape index (κ3) is 1.90. The maximum atomic E-state index is 4.18. The molecule has 0 aromatic carbocycles. The number of rotatable bonds is 0. The van der Waals surface area contributed by atoms with Crippen molar-refractivity contribution in [1.82, 2.24) is 9.97 Å². The summed E-state index contributed by atoms with van der Waals surface area (Å²) < 4.78 is 0. The monoisotopic (exact) mass is 203 g/mol. The predicted molar refractivity (Wildman–Crippen MR) is 59.4 cm³/mol. The second-order valence-electron chi connectivity index (χ2n) is 2.70. The van der Waals surface area contributed by atoms with Crippen LogP contribution in [0.25, 0.3) is 5.70 Å². The molecule has 2 rings (SSSR count). The topological polar surface area (TPSA) is 38.1 Å². The van der Waals surface area contributed by atoms with Gasteiger partial charge >= 0.3 is 0 Å². The molecule has 1 aliphatic rings. The van der Waals surface area contributed by atoms with Gasteiger partial charge < -0.3 is 0 Å². The smallest absolute Gasteiger partial charge is 0.116 e. The van der Waals surface area contributed by atoms with Gasteiger partial charge in [0.15, 0.2) is 0 Å². The summed E-state index contributed by atoms with van der Waals surface area (Å²) in [6.45, 7) is 3.86. The van der Waals surface area contributed by atoms with Gasteiger partial charge in [-0.1, -0.05) is 12.7 Å². The van der Waals surface area contributed by atoms with Crippen molar-refractivity contribution < 1.29 is 0 Å². The van der Waals surface area contributed by atoms with E-state index in [1.807, 2.05) is 12.2 Å². The van der Waals surface area contributed by atoms with E-state index in [4.69, 9.17) is 0 Å². The molecule has 3 nitrogen and oxygen atoms in total. The second kappa shape index (κ2) is 4.19. The number of allylic oxidation sites excluding steroid dienone is 1. The van der Waals surface area contributed by atoms with Gasteiger partial charge in [-0.2, -0.15) is 0 Å². The van der Waals surface area contributed by atoms with E-state index in [1.54, 1.807) is 24.2 Å². The van der Waals surface area contributed by atoms with Gasteiger partial charge in [0.1, 0.15) is 12.0 Å². The van der Waals surface area contributed by atoms with Crippen LogP contribution in [0.1, 0.15) is 5.69 Å². The van der Waals surface area contributed by atoms with Crippen molar-refractivity contribution in [3.63, 3.8) is 0 Å². The van der Waals surface area contributed by atoms with Crippen molar-refractivity contribution in [1.29, 1.82) is 0 Å². The molecule has 0 spiro atoms. The molecule has 0 aliphatic carbocycles. The third-order valence-corrected chi connectivity index (χ3v) is 2.71. The van der Waals surface area contributed by atoms with Gasteiger partial charge in [-0.15, -0.1) is 11.8 Å². The number of aromatic nitrogens is 2. The Morgan fingerprint density at radius 1 is 1.43 bits per heavy atom. The maximum Gasteiger partial charge on any atom is 0.116 e. The first-order valence-corrected chi connectivity index (χ1v) is 5.18. The first-order chi connectivity index (χ1) is 6.88. The summed E-state index contributed by atoms with van der Waals surface area (Å²) in [6, 6.07) is 0. The summed E-state index contributed by atoms with van der Waals surface area (Å²) >= 11 is 1.69. The number of hydrogen-bond acceptors (Lipinski definition) is 4. The fraction of sp³-hybridized carbons (Fsp3) is 0.100. The van der Waals surface area contributed by atoms with Gasteiger partial charge in [0.2, 0.25) is 0 Å². The van der Waals surface area contributed by atoms with E-state index in [9.17, 15) is 0 Å². The molecule has 1 aromatic rings. The standard InChI is InChI=1S/C10H9N3S/c1-8-10-9(6-11-7-13-10)14-5-3-2-4-12-8/h2-4,6-7H,1,5H2/b3-2-,12-4?. The fourth-order valence-electron chi connectivity index (χ4n) is 1.09. The summed E-state index contributed by atoms with van der Waals surface area (Å²) in [5.41, 5.74) is 1.51. The van der Waals surface area contributed by atoms with E-state index in [-0.39, 0.29) is 0 Å². The Morgan fingerprint density at radius 2 is 2.36 bits per heavy atom. The SMILES string of the molecule is C=C1N=C/C=C\CSc2cncnc21. The van der Waals surface area contributed by atoms with Crippen LogP contribution in [0.3, 0.4) is 0 Å². The predicted octanol–water partition coefficient (Wildman–Crippen LogP) is 2.18. The number of aliphatic imine (C=N–C) groups is 1. The van der Waals surface area contributed by atoms with Crippen molar-refractivity contribution >= 4 is 23.7 Å². The normalized spacial score (nSPS) is 17.9. The first-order valence-electron chi connectivity index (χ1n) is 4.19. The highest BCUT2D eigenvalue weighted by molar-refractivity contribution is 7.99. The van der Waals surface area contributed by atoms with Gasteiger partial charge in [-0.25, -0.2) is 9.97 Å². The van der Waals surface area contributed by atoms with E-state index in [2.05, 4.69) is 21.5 Å². The Hall–Kier alpha value is -1.42.